The van der Waals surface area contributed by atoms with E-state index >= 15 is 0 Å². The highest BCUT2D eigenvalue weighted by atomic mass is 79.9. The molecule has 2 aromatic rings. The summed E-state index contributed by atoms with van der Waals surface area (Å²) in [5.41, 5.74) is 0.327. The molecule has 0 aliphatic carbocycles. The zero-order valence-corrected chi connectivity index (χ0v) is 14.2. The third-order valence-corrected chi connectivity index (χ3v) is 5.07. The fraction of sp³-hybridized carbons (Fsp3) is 0.0714. The molecule has 1 atom stereocenters. The summed E-state index contributed by atoms with van der Waals surface area (Å²) in [7, 11) is -3.98. The van der Waals surface area contributed by atoms with Crippen LogP contribution >= 0.6 is 27.5 Å². The normalized spacial score (nSPS) is 12.8. The number of sulfonamides is 1. The number of carboxylic acids is 1. The molecule has 22 heavy (non-hydrogen) atoms. The van der Waals surface area contributed by atoms with Gasteiger partial charge in [0.15, 0.2) is 0 Å². The molecule has 2 aromatic carbocycles. The van der Waals surface area contributed by atoms with E-state index in [4.69, 9.17) is 11.6 Å². The van der Waals surface area contributed by atoms with Gasteiger partial charge in [0.05, 0.1) is 4.90 Å². The zero-order chi connectivity index (χ0) is 16.3. The van der Waals surface area contributed by atoms with Gasteiger partial charge in [-0.05, 0) is 42.0 Å². The SMILES string of the molecule is O=C(O)C(NS(=O)(=O)c1ccc(Cl)cc1)c1ccc(Br)cc1. The van der Waals surface area contributed by atoms with E-state index in [1.807, 2.05) is 0 Å². The minimum absolute atomic E-state index is 0.0553. The second-order valence-corrected chi connectivity index (χ2v) is 7.46. The fourth-order valence-corrected chi connectivity index (χ4v) is 3.32. The Morgan fingerprint density at radius 3 is 2.14 bits per heavy atom. The zero-order valence-electron chi connectivity index (χ0n) is 11.0. The number of carbonyl (C=O) groups is 1. The molecule has 0 aliphatic heterocycles. The molecule has 8 heteroatoms. The Balaban J connectivity index is 2.33. The Kier molecular flexibility index (Phi) is 5.23. The standard InChI is InChI=1S/C14H11BrClNO4S/c15-10-3-1-9(2-4-10)13(14(18)19)17-22(20,21)12-7-5-11(16)6-8-12/h1-8,13,17H,(H,18,19). The minimum atomic E-state index is -3.98. The minimum Gasteiger partial charge on any atom is -0.480 e. The smallest absolute Gasteiger partial charge is 0.326 e. The first-order valence-electron chi connectivity index (χ1n) is 6.06. The first-order valence-corrected chi connectivity index (χ1v) is 8.71. The maximum absolute atomic E-state index is 12.3. The third kappa shape index (κ3) is 4.07. The maximum Gasteiger partial charge on any atom is 0.326 e. The van der Waals surface area contributed by atoms with Gasteiger partial charge in [-0.25, -0.2) is 8.42 Å². The van der Waals surface area contributed by atoms with Crippen LogP contribution in [0.3, 0.4) is 0 Å². The lowest BCUT2D eigenvalue weighted by Crippen LogP contribution is -2.33. The largest absolute Gasteiger partial charge is 0.480 e. The van der Waals surface area contributed by atoms with Crippen LogP contribution in [0.15, 0.2) is 57.9 Å². The quantitative estimate of drug-likeness (QED) is 0.801. The molecule has 2 N–H and O–H groups in total. The lowest BCUT2D eigenvalue weighted by Gasteiger charge is -2.15. The molecule has 0 bridgehead atoms. The summed E-state index contributed by atoms with van der Waals surface area (Å²) in [5.74, 6) is -1.29. The van der Waals surface area contributed by atoms with Crippen molar-refractivity contribution in [2.45, 2.75) is 10.9 Å². The van der Waals surface area contributed by atoms with Crippen molar-refractivity contribution in [2.75, 3.05) is 0 Å². The van der Waals surface area contributed by atoms with Crippen molar-refractivity contribution in [1.29, 1.82) is 0 Å². The molecule has 0 fully saturated rings. The van der Waals surface area contributed by atoms with Gasteiger partial charge in [0.1, 0.15) is 6.04 Å². The van der Waals surface area contributed by atoms with Crippen LogP contribution in [0.5, 0.6) is 0 Å². The van der Waals surface area contributed by atoms with Crippen LogP contribution in [0.25, 0.3) is 0 Å². The highest BCUT2D eigenvalue weighted by Crippen LogP contribution is 2.21. The van der Waals surface area contributed by atoms with Gasteiger partial charge in [-0.15, -0.1) is 0 Å². The summed E-state index contributed by atoms with van der Waals surface area (Å²) in [6.07, 6.45) is 0. The second kappa shape index (κ2) is 6.78. The average Bonchev–Trinajstić information content (AvgIpc) is 2.46. The molecule has 116 valence electrons. The van der Waals surface area contributed by atoms with Crippen LogP contribution in [-0.2, 0) is 14.8 Å². The Labute approximate surface area is 141 Å². The highest BCUT2D eigenvalue weighted by molar-refractivity contribution is 9.10. The van der Waals surface area contributed by atoms with Gasteiger partial charge < -0.3 is 5.11 Å². The molecular formula is C14H11BrClNO4S. The molecule has 5 nitrogen and oxygen atoms in total. The molecule has 0 radical (unpaired) electrons. The van der Waals surface area contributed by atoms with Crippen molar-refractivity contribution in [1.82, 2.24) is 4.72 Å². The summed E-state index contributed by atoms with van der Waals surface area (Å²) in [6, 6.07) is 10.4. The fourth-order valence-electron chi connectivity index (χ4n) is 1.75. The molecule has 0 heterocycles. The van der Waals surface area contributed by atoms with Crippen molar-refractivity contribution in [3.8, 4) is 0 Å². The van der Waals surface area contributed by atoms with Crippen LogP contribution in [0.1, 0.15) is 11.6 Å². The predicted molar refractivity (Wildman–Crippen MR) is 86.3 cm³/mol. The number of halogens is 2. The van der Waals surface area contributed by atoms with E-state index in [-0.39, 0.29) is 4.90 Å². The Morgan fingerprint density at radius 1 is 1.09 bits per heavy atom. The lowest BCUT2D eigenvalue weighted by atomic mass is 10.1. The molecule has 0 spiro atoms. The number of hydrogen-bond donors (Lipinski definition) is 2. The molecule has 2 rings (SSSR count). The third-order valence-electron chi connectivity index (χ3n) is 2.85. The summed E-state index contributed by atoms with van der Waals surface area (Å²) in [6.45, 7) is 0. The molecule has 0 aliphatic rings. The van der Waals surface area contributed by atoms with Crippen molar-refractivity contribution in [3.05, 3.63) is 63.6 Å². The van der Waals surface area contributed by atoms with Gasteiger partial charge in [0.25, 0.3) is 0 Å². The van der Waals surface area contributed by atoms with Crippen molar-refractivity contribution in [2.24, 2.45) is 0 Å². The first-order chi connectivity index (χ1) is 10.3. The Hall–Kier alpha value is -1.41. The van der Waals surface area contributed by atoms with Crippen molar-refractivity contribution >= 4 is 43.5 Å². The summed E-state index contributed by atoms with van der Waals surface area (Å²) < 4.78 is 27.5. The van der Waals surface area contributed by atoms with Crippen LogP contribution in [-0.4, -0.2) is 19.5 Å². The van der Waals surface area contributed by atoms with Gasteiger partial charge in [-0.1, -0.05) is 39.7 Å². The van der Waals surface area contributed by atoms with E-state index in [0.717, 1.165) is 4.47 Å². The number of carboxylic acid groups (broad SMARTS) is 1. The second-order valence-electron chi connectivity index (χ2n) is 4.40. The van der Waals surface area contributed by atoms with Crippen LogP contribution < -0.4 is 4.72 Å². The molecular weight excluding hydrogens is 394 g/mol. The van der Waals surface area contributed by atoms with E-state index in [0.29, 0.717) is 10.6 Å². The monoisotopic (exact) mass is 403 g/mol. The van der Waals surface area contributed by atoms with Crippen LogP contribution in [0, 0.1) is 0 Å². The molecule has 0 amide bonds. The number of hydrogen-bond acceptors (Lipinski definition) is 3. The van der Waals surface area contributed by atoms with Gasteiger partial charge in [-0.2, -0.15) is 4.72 Å². The highest BCUT2D eigenvalue weighted by Gasteiger charge is 2.26. The van der Waals surface area contributed by atoms with Crippen LogP contribution in [0.2, 0.25) is 5.02 Å². The Bertz CT molecular complexity index is 775. The van der Waals surface area contributed by atoms with E-state index in [2.05, 4.69) is 20.7 Å². The maximum atomic E-state index is 12.3. The van der Waals surface area contributed by atoms with Gasteiger partial charge in [0, 0.05) is 9.50 Å². The van der Waals surface area contributed by atoms with E-state index < -0.39 is 22.0 Å². The molecule has 0 saturated carbocycles. The topological polar surface area (TPSA) is 83.5 Å². The van der Waals surface area contributed by atoms with Crippen molar-refractivity contribution in [3.63, 3.8) is 0 Å². The number of benzene rings is 2. The number of rotatable bonds is 5. The molecule has 0 aromatic heterocycles. The number of aliphatic carboxylic acids is 1. The van der Waals surface area contributed by atoms with E-state index in [9.17, 15) is 18.3 Å². The number of nitrogens with one attached hydrogen (secondary N) is 1. The average molecular weight is 405 g/mol. The Morgan fingerprint density at radius 2 is 1.64 bits per heavy atom. The lowest BCUT2D eigenvalue weighted by molar-refractivity contribution is -0.139. The van der Waals surface area contributed by atoms with Gasteiger partial charge >= 0.3 is 5.97 Å². The molecule has 0 saturated heterocycles. The predicted octanol–water partition coefficient (Wildman–Crippen LogP) is 3.21. The summed E-state index contributed by atoms with van der Waals surface area (Å²) in [5, 5.41) is 9.68. The first kappa shape index (κ1) is 17.0. The van der Waals surface area contributed by atoms with Gasteiger partial charge in [0.2, 0.25) is 10.0 Å². The van der Waals surface area contributed by atoms with E-state index in [1.54, 1.807) is 12.1 Å². The molecule has 1 unspecified atom stereocenters. The summed E-state index contributed by atoms with van der Waals surface area (Å²) in [4.78, 5) is 11.3. The van der Waals surface area contributed by atoms with Crippen molar-refractivity contribution < 1.29 is 18.3 Å². The van der Waals surface area contributed by atoms with Gasteiger partial charge in [-0.3, -0.25) is 4.79 Å². The van der Waals surface area contributed by atoms with E-state index in [1.165, 1.54) is 36.4 Å². The summed E-state index contributed by atoms with van der Waals surface area (Å²) >= 11 is 8.95. The van der Waals surface area contributed by atoms with Crippen LogP contribution in [0.4, 0.5) is 0 Å².